The summed E-state index contributed by atoms with van der Waals surface area (Å²) in [6, 6.07) is 7.89. The van der Waals surface area contributed by atoms with Gasteiger partial charge < -0.3 is 14.7 Å². The molecule has 1 aromatic rings. The van der Waals surface area contributed by atoms with Gasteiger partial charge in [0, 0.05) is 24.0 Å². The van der Waals surface area contributed by atoms with E-state index >= 15 is 0 Å². The Hall–Kier alpha value is -0.610. The van der Waals surface area contributed by atoms with Gasteiger partial charge in [0.2, 0.25) is 0 Å². The number of aliphatic hydroxyl groups excluding tert-OH is 1. The van der Waals surface area contributed by atoms with Crippen molar-refractivity contribution in [2.45, 2.75) is 51.5 Å². The summed E-state index contributed by atoms with van der Waals surface area (Å²) >= 11 is 5.91. The van der Waals surface area contributed by atoms with Crippen molar-refractivity contribution in [1.29, 1.82) is 0 Å². The van der Waals surface area contributed by atoms with Crippen LogP contribution in [0.1, 0.15) is 33.3 Å². The number of benzene rings is 1. The number of nitrogens with zero attached hydrogens (tertiary/aromatic N) is 1. The van der Waals surface area contributed by atoms with E-state index in [9.17, 15) is 5.11 Å². The van der Waals surface area contributed by atoms with Crippen molar-refractivity contribution in [2.24, 2.45) is 5.92 Å². The monoisotopic (exact) mass is 311 g/mol. The maximum atomic E-state index is 10.5. The molecule has 2 unspecified atom stereocenters. The van der Waals surface area contributed by atoms with Crippen LogP contribution in [0.15, 0.2) is 24.3 Å². The first-order valence-corrected chi connectivity index (χ1v) is 7.81. The Morgan fingerprint density at radius 3 is 2.19 bits per heavy atom. The molecular weight excluding hydrogens is 286 g/mol. The molecule has 0 bridgehead atoms. The molecule has 0 saturated carbocycles. The second-order valence-corrected chi connectivity index (χ2v) is 7.62. The largest absolute Gasteiger partial charge is 0.390 e. The zero-order valence-corrected chi connectivity index (χ0v) is 14.3. The molecule has 1 fully saturated rings. The van der Waals surface area contributed by atoms with Crippen molar-refractivity contribution in [3.05, 3.63) is 34.9 Å². The zero-order valence-electron chi connectivity index (χ0n) is 13.6. The molecule has 118 valence electrons. The number of hydrogen-bond acceptors (Lipinski definition) is 3. The SMILES string of the molecule is CN(Cc1ccc(Cl)cc1)CC1C(O)C(C)(C)OC1(C)C. The predicted molar refractivity (Wildman–Crippen MR) is 86.5 cm³/mol. The van der Waals surface area contributed by atoms with Crippen LogP contribution in [0.25, 0.3) is 0 Å². The average Bonchev–Trinajstić information content (AvgIpc) is 2.50. The van der Waals surface area contributed by atoms with E-state index in [4.69, 9.17) is 16.3 Å². The normalized spacial score (nSPS) is 27.2. The van der Waals surface area contributed by atoms with Crippen molar-refractivity contribution in [1.82, 2.24) is 4.90 Å². The molecule has 1 aromatic carbocycles. The highest BCUT2D eigenvalue weighted by Crippen LogP contribution is 2.42. The molecule has 1 aliphatic rings. The van der Waals surface area contributed by atoms with Crippen LogP contribution in [0.5, 0.6) is 0 Å². The van der Waals surface area contributed by atoms with E-state index < -0.39 is 11.7 Å². The van der Waals surface area contributed by atoms with Crippen LogP contribution in [0.4, 0.5) is 0 Å². The van der Waals surface area contributed by atoms with Crippen molar-refractivity contribution >= 4 is 11.6 Å². The lowest BCUT2D eigenvalue weighted by Gasteiger charge is -2.30. The summed E-state index contributed by atoms with van der Waals surface area (Å²) in [6.45, 7) is 9.66. The minimum Gasteiger partial charge on any atom is -0.390 e. The van der Waals surface area contributed by atoms with Crippen LogP contribution >= 0.6 is 11.6 Å². The Labute approximate surface area is 132 Å². The fourth-order valence-electron chi connectivity index (χ4n) is 3.30. The Kier molecular flexibility index (Phi) is 4.69. The van der Waals surface area contributed by atoms with Gasteiger partial charge in [-0.1, -0.05) is 23.7 Å². The first kappa shape index (κ1) is 16.8. The van der Waals surface area contributed by atoms with Gasteiger partial charge >= 0.3 is 0 Å². The van der Waals surface area contributed by atoms with Gasteiger partial charge in [0.15, 0.2) is 0 Å². The minimum atomic E-state index is -0.491. The average molecular weight is 312 g/mol. The fourth-order valence-corrected chi connectivity index (χ4v) is 3.43. The lowest BCUT2D eigenvalue weighted by molar-refractivity contribution is -0.0912. The summed E-state index contributed by atoms with van der Waals surface area (Å²) in [6.07, 6.45) is -0.458. The molecule has 3 nitrogen and oxygen atoms in total. The molecule has 1 aliphatic heterocycles. The third-order valence-corrected chi connectivity index (χ3v) is 4.64. The maximum Gasteiger partial charge on any atom is 0.0896 e. The van der Waals surface area contributed by atoms with Crippen LogP contribution in [0.2, 0.25) is 5.02 Å². The van der Waals surface area contributed by atoms with Crippen LogP contribution in [-0.2, 0) is 11.3 Å². The van der Waals surface area contributed by atoms with Gasteiger partial charge in [-0.25, -0.2) is 0 Å². The number of hydrogen-bond donors (Lipinski definition) is 1. The van der Waals surface area contributed by atoms with Crippen molar-refractivity contribution < 1.29 is 9.84 Å². The van der Waals surface area contributed by atoms with Crippen LogP contribution in [0.3, 0.4) is 0 Å². The molecule has 21 heavy (non-hydrogen) atoms. The first-order valence-electron chi connectivity index (χ1n) is 7.43. The number of halogens is 1. The highest BCUT2D eigenvalue weighted by atomic mass is 35.5. The standard InChI is InChI=1S/C17H26ClNO2/c1-16(2)14(15(20)17(3,4)21-16)11-19(5)10-12-6-8-13(18)9-7-12/h6-9,14-15,20H,10-11H2,1-5H3. The van der Waals surface area contributed by atoms with E-state index in [-0.39, 0.29) is 11.5 Å². The zero-order chi connectivity index (χ0) is 15.8. The van der Waals surface area contributed by atoms with E-state index in [1.54, 1.807) is 0 Å². The molecule has 0 spiro atoms. The van der Waals surface area contributed by atoms with E-state index in [0.29, 0.717) is 0 Å². The predicted octanol–water partition coefficient (Wildman–Crippen LogP) is 3.34. The second kappa shape index (κ2) is 5.88. The summed E-state index contributed by atoms with van der Waals surface area (Å²) in [4.78, 5) is 2.23. The molecule has 4 heteroatoms. The number of ether oxygens (including phenoxy) is 1. The molecule has 0 amide bonds. The van der Waals surface area contributed by atoms with Crippen molar-refractivity contribution in [3.8, 4) is 0 Å². The van der Waals surface area contributed by atoms with Gasteiger partial charge in [-0.3, -0.25) is 0 Å². The third kappa shape index (κ3) is 3.78. The van der Waals surface area contributed by atoms with Crippen molar-refractivity contribution in [2.75, 3.05) is 13.6 Å². The number of aliphatic hydroxyl groups is 1. The molecule has 0 aliphatic carbocycles. The van der Waals surface area contributed by atoms with Gasteiger partial charge in [0.05, 0.1) is 17.3 Å². The van der Waals surface area contributed by atoms with E-state index in [1.165, 1.54) is 5.56 Å². The molecule has 2 rings (SSSR count). The maximum absolute atomic E-state index is 10.5. The molecule has 1 N–H and O–H groups in total. The van der Waals surface area contributed by atoms with Gasteiger partial charge in [0.1, 0.15) is 0 Å². The van der Waals surface area contributed by atoms with Crippen LogP contribution < -0.4 is 0 Å². The minimum absolute atomic E-state index is 0.0878. The summed E-state index contributed by atoms with van der Waals surface area (Å²) in [5.74, 6) is 0.0878. The van der Waals surface area contributed by atoms with Gasteiger partial charge in [0.25, 0.3) is 0 Å². The Balaban J connectivity index is 2.02. The summed E-state index contributed by atoms with van der Waals surface area (Å²) in [5.41, 5.74) is 0.402. The summed E-state index contributed by atoms with van der Waals surface area (Å²) < 4.78 is 6.03. The van der Waals surface area contributed by atoms with Gasteiger partial charge in [-0.15, -0.1) is 0 Å². The van der Waals surface area contributed by atoms with E-state index in [2.05, 4.69) is 25.8 Å². The lowest BCUT2D eigenvalue weighted by Crippen LogP contribution is -2.42. The molecule has 1 saturated heterocycles. The highest BCUT2D eigenvalue weighted by molar-refractivity contribution is 6.30. The second-order valence-electron chi connectivity index (χ2n) is 7.18. The Morgan fingerprint density at radius 1 is 1.14 bits per heavy atom. The van der Waals surface area contributed by atoms with Crippen molar-refractivity contribution in [3.63, 3.8) is 0 Å². The third-order valence-electron chi connectivity index (χ3n) is 4.39. The molecule has 0 aromatic heterocycles. The highest BCUT2D eigenvalue weighted by Gasteiger charge is 2.53. The van der Waals surface area contributed by atoms with Gasteiger partial charge in [-0.05, 0) is 52.4 Å². The first-order chi connectivity index (χ1) is 9.62. The summed E-state index contributed by atoms with van der Waals surface area (Å²) in [7, 11) is 2.07. The van der Waals surface area contributed by atoms with Crippen LogP contribution in [-0.4, -0.2) is 40.9 Å². The summed E-state index contributed by atoms with van der Waals surface area (Å²) in [5, 5.41) is 11.3. The smallest absolute Gasteiger partial charge is 0.0896 e. The molecular formula is C17H26ClNO2. The number of rotatable bonds is 4. The molecule has 0 radical (unpaired) electrons. The quantitative estimate of drug-likeness (QED) is 0.925. The van der Waals surface area contributed by atoms with E-state index in [1.807, 2.05) is 38.1 Å². The van der Waals surface area contributed by atoms with Crippen LogP contribution in [0, 0.1) is 5.92 Å². The van der Waals surface area contributed by atoms with Gasteiger partial charge in [-0.2, -0.15) is 0 Å². The lowest BCUT2D eigenvalue weighted by atomic mass is 9.84. The molecule has 2 atom stereocenters. The Bertz CT molecular complexity index is 484. The topological polar surface area (TPSA) is 32.7 Å². The Morgan fingerprint density at radius 2 is 1.71 bits per heavy atom. The fraction of sp³-hybridized carbons (Fsp3) is 0.647. The van der Waals surface area contributed by atoms with E-state index in [0.717, 1.165) is 18.1 Å². The molecule has 1 heterocycles.